The van der Waals surface area contributed by atoms with Crippen LogP contribution in [0.1, 0.15) is 19.8 Å². The maximum absolute atomic E-state index is 5.66. The van der Waals surface area contributed by atoms with E-state index in [1.165, 1.54) is 0 Å². The van der Waals surface area contributed by atoms with Gasteiger partial charge in [0, 0.05) is 6.54 Å². The lowest BCUT2D eigenvalue weighted by Gasteiger charge is -2.17. The van der Waals surface area contributed by atoms with Gasteiger partial charge in [0.15, 0.2) is 14.0 Å². The highest BCUT2D eigenvalue weighted by Gasteiger charge is 2.09. The molecule has 0 aliphatic carbocycles. The fourth-order valence-electron chi connectivity index (χ4n) is 0.698. The van der Waals surface area contributed by atoms with Gasteiger partial charge < -0.3 is 0 Å². The Kier molecular flexibility index (Phi) is 5.82. The summed E-state index contributed by atoms with van der Waals surface area (Å²) in [4.78, 5) is 0. The Labute approximate surface area is 84.2 Å². The van der Waals surface area contributed by atoms with Crippen molar-refractivity contribution in [1.29, 1.82) is 0 Å². The van der Waals surface area contributed by atoms with Crippen molar-refractivity contribution in [1.82, 2.24) is 5.09 Å². The second kappa shape index (κ2) is 5.53. The minimum absolute atomic E-state index is 0.718. The van der Waals surface area contributed by atoms with Crippen LogP contribution in [-0.4, -0.2) is 6.54 Å². The molecule has 80 valence electrons. The van der Waals surface area contributed by atoms with Gasteiger partial charge in [0.2, 0.25) is 0 Å². The topological polar surface area (TPSA) is 128 Å². The van der Waals surface area contributed by atoms with Gasteiger partial charge >= 0.3 is 0 Å². The predicted molar refractivity (Wildman–Crippen MR) is 63.3 cm³/mol. The van der Waals surface area contributed by atoms with E-state index >= 15 is 0 Å². The number of hydrogen-bond donors (Lipinski definition) is 5. The molecule has 13 heavy (non-hydrogen) atoms. The van der Waals surface area contributed by atoms with Crippen molar-refractivity contribution in [3.05, 3.63) is 0 Å². The molecule has 9 N–H and O–H groups in total. The largest absolute Gasteiger partial charge is 0.274 e. The highest BCUT2D eigenvalue weighted by molar-refractivity contribution is 8.12. The average molecular weight is 244 g/mol. The van der Waals surface area contributed by atoms with Gasteiger partial charge in [-0.05, 0) is 18.2 Å². The summed E-state index contributed by atoms with van der Waals surface area (Å²) >= 11 is 4.74. The molecule has 0 radical (unpaired) electrons. The van der Waals surface area contributed by atoms with Crippen molar-refractivity contribution in [2.75, 3.05) is 6.54 Å². The first kappa shape index (κ1) is 13.7. The van der Waals surface area contributed by atoms with Crippen LogP contribution in [-0.2, 0) is 11.8 Å². The quantitative estimate of drug-likeness (QED) is 0.351. The lowest BCUT2D eigenvalue weighted by molar-refractivity contribution is 0.767. The monoisotopic (exact) mass is 244 g/mol. The van der Waals surface area contributed by atoms with Crippen LogP contribution >= 0.6 is 14.0 Å². The van der Waals surface area contributed by atoms with Crippen molar-refractivity contribution in [2.45, 2.75) is 19.8 Å². The summed E-state index contributed by atoms with van der Waals surface area (Å²) in [7, 11) is -2.52. The van der Waals surface area contributed by atoms with E-state index in [4.69, 9.17) is 33.8 Å². The Morgan fingerprint density at radius 2 is 1.85 bits per heavy atom. The number of nitrogens with zero attached hydrogens (tertiary/aromatic N) is 1. The van der Waals surface area contributed by atoms with Crippen LogP contribution < -0.4 is 27.1 Å². The van der Waals surface area contributed by atoms with Crippen LogP contribution in [0.2, 0.25) is 0 Å². The van der Waals surface area contributed by atoms with Gasteiger partial charge in [0.1, 0.15) is 0 Å². The zero-order valence-electron chi connectivity index (χ0n) is 7.68. The van der Waals surface area contributed by atoms with Crippen molar-refractivity contribution in [3.63, 3.8) is 0 Å². The highest BCUT2D eigenvalue weighted by atomic mass is 32.4. The SMILES string of the molecule is CCCCNP(N)(N)=NP(N)(N)=S. The molecular formula is C4H18N6P2S. The van der Waals surface area contributed by atoms with Crippen molar-refractivity contribution in [2.24, 2.45) is 26.5 Å². The Hall–Kier alpha value is 0.680. The summed E-state index contributed by atoms with van der Waals surface area (Å²) in [5.41, 5.74) is 22.1. The van der Waals surface area contributed by atoms with E-state index in [0.29, 0.717) is 0 Å². The molecule has 0 aromatic heterocycles. The third kappa shape index (κ3) is 9.00. The van der Waals surface area contributed by atoms with Gasteiger partial charge in [-0.1, -0.05) is 13.3 Å². The van der Waals surface area contributed by atoms with Gasteiger partial charge in [0.25, 0.3) is 0 Å². The van der Waals surface area contributed by atoms with E-state index in [2.05, 4.69) is 16.5 Å². The molecule has 0 aromatic carbocycles. The molecule has 0 aliphatic heterocycles. The first-order chi connectivity index (χ1) is 5.77. The van der Waals surface area contributed by atoms with Gasteiger partial charge in [-0.2, -0.15) is 4.52 Å². The van der Waals surface area contributed by atoms with E-state index in [9.17, 15) is 0 Å². The zero-order chi connectivity index (χ0) is 10.5. The van der Waals surface area contributed by atoms with Crippen LogP contribution in [0, 0.1) is 0 Å². The molecule has 0 aliphatic rings. The van der Waals surface area contributed by atoms with Crippen LogP contribution in [0.15, 0.2) is 4.52 Å². The first-order valence-corrected chi connectivity index (χ1v) is 8.67. The van der Waals surface area contributed by atoms with E-state index in [1.807, 2.05) is 0 Å². The van der Waals surface area contributed by atoms with Crippen LogP contribution in [0.5, 0.6) is 0 Å². The fraction of sp³-hybridized carbons (Fsp3) is 1.00. The summed E-state index contributed by atoms with van der Waals surface area (Å²) in [6.45, 7) is 0.149. The number of nitrogens with one attached hydrogen (secondary N) is 1. The summed E-state index contributed by atoms with van der Waals surface area (Å²) in [6, 6.07) is 0. The molecule has 0 amide bonds. The number of nitrogens with two attached hydrogens (primary N) is 4. The molecule has 0 heterocycles. The number of hydrogen-bond acceptors (Lipinski definition) is 1. The van der Waals surface area contributed by atoms with Crippen molar-refractivity contribution >= 4 is 25.8 Å². The number of unbranched alkanes of at least 4 members (excludes halogenated alkanes) is 1. The molecule has 0 saturated carbocycles. The Morgan fingerprint density at radius 1 is 1.31 bits per heavy atom. The predicted octanol–water partition coefficient (Wildman–Crippen LogP) is 0.382. The van der Waals surface area contributed by atoms with Crippen molar-refractivity contribution in [3.8, 4) is 0 Å². The average Bonchev–Trinajstić information content (AvgIpc) is 1.81. The van der Waals surface area contributed by atoms with E-state index < -0.39 is 14.0 Å². The number of rotatable bonds is 5. The normalized spacial score (nSPS) is 13.0. The smallest absolute Gasteiger partial charge is 0.180 e. The molecule has 6 nitrogen and oxygen atoms in total. The fourth-order valence-corrected chi connectivity index (χ4v) is 4.41. The summed E-state index contributed by atoms with van der Waals surface area (Å²) in [5.74, 6) is 0. The minimum Gasteiger partial charge on any atom is -0.274 e. The third-order valence-electron chi connectivity index (χ3n) is 1.18. The zero-order valence-corrected chi connectivity index (χ0v) is 10.3. The second-order valence-electron chi connectivity index (χ2n) is 2.76. The Balaban J connectivity index is 4.23. The summed E-state index contributed by atoms with van der Waals surface area (Å²) in [5, 5.41) is 2.92. The summed E-state index contributed by atoms with van der Waals surface area (Å²) in [6.07, 6.45) is 2.05. The molecule has 0 saturated heterocycles. The minimum atomic E-state index is -2.64. The maximum atomic E-state index is 5.66. The van der Waals surface area contributed by atoms with Gasteiger partial charge in [-0.3, -0.25) is 27.1 Å². The van der Waals surface area contributed by atoms with Gasteiger partial charge in [0.05, 0.1) is 0 Å². The second-order valence-corrected chi connectivity index (χ2v) is 8.37. The Morgan fingerprint density at radius 3 is 2.23 bits per heavy atom. The molecule has 0 fully saturated rings. The Bertz CT molecular complexity index is 241. The summed E-state index contributed by atoms with van der Waals surface area (Å²) < 4.78 is 3.85. The molecule has 0 aromatic rings. The first-order valence-electron chi connectivity index (χ1n) is 3.90. The van der Waals surface area contributed by atoms with E-state index in [-0.39, 0.29) is 0 Å². The molecular weight excluding hydrogens is 226 g/mol. The van der Waals surface area contributed by atoms with Gasteiger partial charge in [-0.25, -0.2) is 0 Å². The van der Waals surface area contributed by atoms with Crippen LogP contribution in [0.4, 0.5) is 0 Å². The maximum Gasteiger partial charge on any atom is 0.180 e. The molecule has 9 heteroatoms. The lowest BCUT2D eigenvalue weighted by atomic mass is 10.3. The third-order valence-corrected chi connectivity index (χ3v) is 4.87. The molecule has 0 spiro atoms. The van der Waals surface area contributed by atoms with Crippen LogP contribution in [0.3, 0.4) is 0 Å². The van der Waals surface area contributed by atoms with Crippen LogP contribution in [0.25, 0.3) is 0 Å². The molecule has 0 rings (SSSR count). The van der Waals surface area contributed by atoms with E-state index in [1.54, 1.807) is 0 Å². The van der Waals surface area contributed by atoms with E-state index in [0.717, 1.165) is 19.4 Å². The standard InChI is InChI=1S/C4H18N6P2S/c1-2-3-4-9-11(5,6)10-12(7,8)13/h9H,2-6H2,1H3,(H4,7,8,13). The highest BCUT2D eigenvalue weighted by Crippen LogP contribution is 2.40. The van der Waals surface area contributed by atoms with Gasteiger partial charge in [-0.15, -0.1) is 0 Å². The molecule has 0 unspecified atom stereocenters. The molecule has 0 atom stereocenters. The van der Waals surface area contributed by atoms with Crippen molar-refractivity contribution < 1.29 is 0 Å². The molecule has 0 bridgehead atoms. The lowest BCUT2D eigenvalue weighted by Crippen LogP contribution is -2.24.